The average Bonchev–Trinajstić information content (AvgIpc) is 2.40. The van der Waals surface area contributed by atoms with E-state index < -0.39 is 0 Å². The van der Waals surface area contributed by atoms with E-state index in [1.165, 1.54) is 6.42 Å². The number of pyridine rings is 1. The normalized spacial score (nSPS) is 17.8. The Morgan fingerprint density at radius 2 is 2.05 bits per heavy atom. The second-order valence-electron chi connectivity index (χ2n) is 4.55. The molecule has 1 amide bonds. The summed E-state index contributed by atoms with van der Waals surface area (Å²) in [4.78, 5) is 17.9. The van der Waals surface area contributed by atoms with E-state index in [0.29, 0.717) is 6.54 Å². The maximum absolute atomic E-state index is 12.2. The first-order valence-corrected chi connectivity index (χ1v) is 6.14. The Hall–Kier alpha value is -0.840. The van der Waals surface area contributed by atoms with Crippen LogP contribution in [0.1, 0.15) is 24.8 Å². The predicted octanol–water partition coefficient (Wildman–Crippen LogP) is 2.03. The highest BCUT2D eigenvalue weighted by atomic mass is 35.5. The van der Waals surface area contributed by atoms with Crippen molar-refractivity contribution < 1.29 is 4.79 Å². The highest BCUT2D eigenvalue weighted by molar-refractivity contribution is 5.85. The molecular formula is C13H21Cl2N3O. The molecule has 6 heteroatoms. The van der Waals surface area contributed by atoms with Crippen molar-refractivity contribution in [3.8, 4) is 0 Å². The van der Waals surface area contributed by atoms with Crippen molar-refractivity contribution in [2.75, 3.05) is 13.6 Å². The summed E-state index contributed by atoms with van der Waals surface area (Å²) in [5, 5.41) is 3.28. The van der Waals surface area contributed by atoms with E-state index >= 15 is 0 Å². The third-order valence-corrected chi connectivity index (χ3v) is 3.15. The summed E-state index contributed by atoms with van der Waals surface area (Å²) >= 11 is 0. The number of nitrogens with zero attached hydrogens (tertiary/aromatic N) is 2. The third kappa shape index (κ3) is 5.35. The Balaban J connectivity index is 0.00000162. The van der Waals surface area contributed by atoms with Crippen LogP contribution in [0.2, 0.25) is 0 Å². The molecule has 19 heavy (non-hydrogen) atoms. The Labute approximate surface area is 126 Å². The van der Waals surface area contributed by atoms with Gasteiger partial charge in [-0.15, -0.1) is 24.8 Å². The minimum atomic E-state index is 0. The van der Waals surface area contributed by atoms with Crippen molar-refractivity contribution in [2.24, 2.45) is 0 Å². The van der Waals surface area contributed by atoms with Crippen molar-refractivity contribution >= 4 is 30.7 Å². The zero-order valence-corrected chi connectivity index (χ0v) is 12.7. The molecule has 1 saturated heterocycles. The van der Waals surface area contributed by atoms with Gasteiger partial charge in [0.1, 0.15) is 0 Å². The van der Waals surface area contributed by atoms with Crippen molar-refractivity contribution in [3.63, 3.8) is 0 Å². The van der Waals surface area contributed by atoms with Crippen LogP contribution in [-0.4, -0.2) is 35.4 Å². The lowest BCUT2D eigenvalue weighted by Crippen LogP contribution is -2.46. The maximum atomic E-state index is 12.2. The quantitative estimate of drug-likeness (QED) is 0.929. The number of aromatic nitrogens is 1. The fourth-order valence-corrected chi connectivity index (χ4v) is 2.17. The number of carbonyl (C=O) groups excluding carboxylic acids is 1. The highest BCUT2D eigenvalue weighted by Gasteiger charge is 2.23. The smallest absolute Gasteiger partial charge is 0.239 e. The van der Waals surface area contributed by atoms with Crippen LogP contribution in [0.3, 0.4) is 0 Å². The minimum Gasteiger partial charge on any atom is -0.340 e. The van der Waals surface area contributed by atoms with Gasteiger partial charge >= 0.3 is 0 Å². The van der Waals surface area contributed by atoms with E-state index in [-0.39, 0.29) is 36.8 Å². The molecule has 1 aromatic heterocycles. The van der Waals surface area contributed by atoms with Gasteiger partial charge in [0, 0.05) is 26.0 Å². The molecule has 0 bridgehead atoms. The summed E-state index contributed by atoms with van der Waals surface area (Å²) in [6, 6.07) is 3.89. The van der Waals surface area contributed by atoms with Gasteiger partial charge < -0.3 is 10.2 Å². The average molecular weight is 306 g/mol. The number of carbonyl (C=O) groups is 1. The van der Waals surface area contributed by atoms with Gasteiger partial charge in [-0.3, -0.25) is 9.78 Å². The fourth-order valence-electron chi connectivity index (χ4n) is 2.17. The van der Waals surface area contributed by atoms with Crippen LogP contribution in [0.4, 0.5) is 0 Å². The van der Waals surface area contributed by atoms with Crippen molar-refractivity contribution in [1.29, 1.82) is 0 Å². The first-order valence-electron chi connectivity index (χ1n) is 6.14. The number of hydrogen-bond donors (Lipinski definition) is 1. The van der Waals surface area contributed by atoms with Gasteiger partial charge in [-0.1, -0.05) is 6.42 Å². The lowest BCUT2D eigenvalue weighted by atomic mass is 10.0. The van der Waals surface area contributed by atoms with Crippen LogP contribution >= 0.6 is 24.8 Å². The third-order valence-electron chi connectivity index (χ3n) is 3.15. The molecule has 4 nitrogen and oxygen atoms in total. The SMILES string of the molecule is CN(Cc1ccncc1)C(=O)C1CCCCN1.Cl.Cl. The van der Waals surface area contributed by atoms with E-state index in [1.807, 2.05) is 19.2 Å². The number of hydrogen-bond acceptors (Lipinski definition) is 3. The zero-order valence-electron chi connectivity index (χ0n) is 11.0. The summed E-state index contributed by atoms with van der Waals surface area (Å²) in [7, 11) is 1.86. The molecule has 1 unspecified atom stereocenters. The molecule has 108 valence electrons. The number of piperidine rings is 1. The van der Waals surface area contributed by atoms with E-state index in [0.717, 1.165) is 24.9 Å². The van der Waals surface area contributed by atoms with Crippen LogP contribution in [0.25, 0.3) is 0 Å². The summed E-state index contributed by atoms with van der Waals surface area (Å²) in [6.07, 6.45) is 6.79. The van der Waals surface area contributed by atoms with Crippen LogP contribution in [0.15, 0.2) is 24.5 Å². The van der Waals surface area contributed by atoms with Gasteiger partial charge in [-0.05, 0) is 37.1 Å². The molecule has 1 aliphatic heterocycles. The summed E-state index contributed by atoms with van der Waals surface area (Å²) in [5.41, 5.74) is 1.12. The molecule has 1 aliphatic rings. The van der Waals surface area contributed by atoms with Crippen LogP contribution in [0.5, 0.6) is 0 Å². The van der Waals surface area contributed by atoms with Crippen molar-refractivity contribution in [2.45, 2.75) is 31.8 Å². The Morgan fingerprint density at radius 1 is 1.37 bits per heavy atom. The van der Waals surface area contributed by atoms with Gasteiger partial charge in [-0.25, -0.2) is 0 Å². The second kappa shape index (κ2) is 9.13. The molecule has 1 N–H and O–H groups in total. The van der Waals surface area contributed by atoms with E-state index in [9.17, 15) is 4.79 Å². The molecule has 1 aromatic rings. The maximum Gasteiger partial charge on any atom is 0.239 e. The molecule has 0 aromatic carbocycles. The highest BCUT2D eigenvalue weighted by Crippen LogP contribution is 2.10. The standard InChI is InChI=1S/C13H19N3O.2ClH/c1-16(10-11-5-8-14-9-6-11)13(17)12-4-2-3-7-15-12;;/h5-6,8-9,12,15H,2-4,7,10H2,1H3;2*1H. The number of rotatable bonds is 3. The number of nitrogens with one attached hydrogen (secondary N) is 1. The van der Waals surface area contributed by atoms with Gasteiger partial charge in [0.2, 0.25) is 5.91 Å². The van der Waals surface area contributed by atoms with Crippen LogP contribution < -0.4 is 5.32 Å². The topological polar surface area (TPSA) is 45.2 Å². The van der Waals surface area contributed by atoms with E-state index in [2.05, 4.69) is 10.3 Å². The van der Waals surface area contributed by atoms with Crippen molar-refractivity contribution in [1.82, 2.24) is 15.2 Å². The van der Waals surface area contributed by atoms with Gasteiger partial charge in [0.15, 0.2) is 0 Å². The Bertz CT molecular complexity index is 369. The first-order chi connectivity index (χ1) is 8.27. The summed E-state index contributed by atoms with van der Waals surface area (Å²) < 4.78 is 0. The Kier molecular flexibility index (Phi) is 8.72. The second-order valence-corrected chi connectivity index (χ2v) is 4.55. The van der Waals surface area contributed by atoms with Gasteiger partial charge in [0.25, 0.3) is 0 Å². The number of halogens is 2. The Morgan fingerprint density at radius 3 is 2.63 bits per heavy atom. The number of likely N-dealkylation sites (N-methyl/N-ethyl adjacent to an activating group) is 1. The van der Waals surface area contributed by atoms with E-state index in [4.69, 9.17) is 0 Å². The molecule has 0 saturated carbocycles. The lowest BCUT2D eigenvalue weighted by Gasteiger charge is -2.27. The monoisotopic (exact) mass is 305 g/mol. The largest absolute Gasteiger partial charge is 0.340 e. The molecule has 0 aliphatic carbocycles. The molecule has 2 heterocycles. The summed E-state index contributed by atoms with van der Waals surface area (Å²) in [5.74, 6) is 0.196. The lowest BCUT2D eigenvalue weighted by molar-refractivity contribution is -0.133. The van der Waals surface area contributed by atoms with Gasteiger partial charge in [-0.2, -0.15) is 0 Å². The van der Waals surface area contributed by atoms with Crippen molar-refractivity contribution in [3.05, 3.63) is 30.1 Å². The first kappa shape index (κ1) is 18.2. The number of amides is 1. The molecule has 0 radical (unpaired) electrons. The molecule has 1 fully saturated rings. The molecular weight excluding hydrogens is 285 g/mol. The molecule has 2 rings (SSSR count). The van der Waals surface area contributed by atoms with Crippen LogP contribution in [-0.2, 0) is 11.3 Å². The predicted molar refractivity (Wildman–Crippen MR) is 80.8 cm³/mol. The molecule has 0 spiro atoms. The van der Waals surface area contributed by atoms with E-state index in [1.54, 1.807) is 17.3 Å². The zero-order chi connectivity index (χ0) is 12.1. The van der Waals surface area contributed by atoms with Gasteiger partial charge in [0.05, 0.1) is 6.04 Å². The molecule has 1 atom stereocenters. The minimum absolute atomic E-state index is 0. The fraction of sp³-hybridized carbons (Fsp3) is 0.538. The van der Waals surface area contributed by atoms with Crippen LogP contribution in [0, 0.1) is 0 Å². The summed E-state index contributed by atoms with van der Waals surface area (Å²) in [6.45, 7) is 1.61.